The van der Waals surface area contributed by atoms with Crippen molar-refractivity contribution in [3.8, 4) is 0 Å². The fraction of sp³-hybridized carbons (Fsp3) is 0.625. The summed E-state index contributed by atoms with van der Waals surface area (Å²) in [4.78, 5) is 28.1. The molecule has 0 saturated carbocycles. The van der Waals surface area contributed by atoms with Crippen LogP contribution in [0, 0.1) is 0 Å². The van der Waals surface area contributed by atoms with Crippen molar-refractivity contribution in [2.24, 2.45) is 4.99 Å². The molecule has 1 aliphatic rings. The first-order valence-corrected chi connectivity index (χ1v) is 5.09. The Labute approximate surface area is 86.9 Å². The van der Waals surface area contributed by atoms with Crippen LogP contribution in [0.1, 0.15) is 6.42 Å². The molecule has 0 aliphatic carbocycles. The molecule has 1 atom stereocenters. The molecule has 1 fully saturated rings. The van der Waals surface area contributed by atoms with Gasteiger partial charge in [0.2, 0.25) is 11.8 Å². The van der Waals surface area contributed by atoms with Gasteiger partial charge in [-0.2, -0.15) is 0 Å². The van der Waals surface area contributed by atoms with E-state index < -0.39 is 0 Å². The molecule has 1 saturated heterocycles. The van der Waals surface area contributed by atoms with Crippen LogP contribution in [0.3, 0.4) is 0 Å². The van der Waals surface area contributed by atoms with E-state index in [1.807, 2.05) is 0 Å². The molecule has 1 aliphatic heterocycles. The van der Waals surface area contributed by atoms with Crippen molar-refractivity contribution < 1.29 is 9.59 Å². The van der Waals surface area contributed by atoms with Crippen LogP contribution >= 0.6 is 11.8 Å². The third-order valence-electron chi connectivity index (χ3n) is 1.98. The lowest BCUT2D eigenvalue weighted by molar-refractivity contribution is -0.128. The van der Waals surface area contributed by atoms with Crippen LogP contribution in [-0.4, -0.2) is 48.3 Å². The summed E-state index contributed by atoms with van der Waals surface area (Å²) in [6.45, 7) is 0. The Balaban J connectivity index is 2.66. The lowest BCUT2D eigenvalue weighted by atomic mass is 10.2. The molecule has 14 heavy (non-hydrogen) atoms. The molecule has 0 aromatic carbocycles. The van der Waals surface area contributed by atoms with Crippen molar-refractivity contribution in [2.75, 3.05) is 21.1 Å². The van der Waals surface area contributed by atoms with Gasteiger partial charge in [0.15, 0.2) is 5.17 Å². The highest BCUT2D eigenvalue weighted by Crippen LogP contribution is 2.27. The fourth-order valence-electron chi connectivity index (χ4n) is 1.17. The minimum Gasteiger partial charge on any atom is -0.359 e. The molecule has 1 N–H and O–H groups in total. The number of thioether (sulfide) groups is 1. The van der Waals surface area contributed by atoms with Gasteiger partial charge in [-0.1, -0.05) is 11.8 Å². The third kappa shape index (κ3) is 2.06. The van der Waals surface area contributed by atoms with Crippen molar-refractivity contribution in [2.45, 2.75) is 11.7 Å². The summed E-state index contributed by atoms with van der Waals surface area (Å²) >= 11 is 1.34. The van der Waals surface area contributed by atoms with Crippen molar-refractivity contribution in [1.29, 1.82) is 0 Å². The Morgan fingerprint density at radius 2 is 2.36 bits per heavy atom. The highest BCUT2D eigenvalue weighted by molar-refractivity contribution is 8.15. The molecule has 0 unspecified atom stereocenters. The Morgan fingerprint density at radius 3 is 2.79 bits per heavy atom. The first-order valence-electron chi connectivity index (χ1n) is 4.21. The van der Waals surface area contributed by atoms with E-state index in [-0.39, 0.29) is 23.5 Å². The van der Waals surface area contributed by atoms with E-state index in [1.165, 1.54) is 16.7 Å². The predicted octanol–water partition coefficient (Wildman–Crippen LogP) is -0.318. The number of carbonyl (C=O) groups excluding carboxylic acids is 2. The zero-order valence-electron chi connectivity index (χ0n) is 8.40. The van der Waals surface area contributed by atoms with Crippen molar-refractivity contribution in [1.82, 2.24) is 10.2 Å². The Hall–Kier alpha value is -1.04. The Bertz CT molecular complexity index is 290. The molecule has 1 rings (SSSR count). The first-order chi connectivity index (χ1) is 6.60. The highest BCUT2D eigenvalue weighted by atomic mass is 32.2. The highest BCUT2D eigenvalue weighted by Gasteiger charge is 2.36. The van der Waals surface area contributed by atoms with Gasteiger partial charge in [-0.15, -0.1) is 0 Å². The SMILES string of the molecule is CN=C1S[C@@H](CC(=O)NC)C(=O)N1C. The maximum atomic E-state index is 11.6. The standard InChI is InChI=1S/C8H13N3O2S/c1-9-6(12)4-5-7(13)11(3)8(10-2)14-5/h5H,4H2,1-3H3,(H,9,12)/t5-/m0/s1. The first kappa shape index (κ1) is 11.0. The third-order valence-corrected chi connectivity index (χ3v) is 3.30. The number of amidine groups is 1. The smallest absolute Gasteiger partial charge is 0.242 e. The zero-order chi connectivity index (χ0) is 10.7. The summed E-state index contributed by atoms with van der Waals surface area (Å²) < 4.78 is 0. The number of hydrogen-bond acceptors (Lipinski definition) is 4. The second kappa shape index (κ2) is 4.45. The van der Waals surface area contributed by atoms with Crippen molar-refractivity contribution in [3.05, 3.63) is 0 Å². The number of amides is 2. The Morgan fingerprint density at radius 1 is 1.71 bits per heavy atom. The summed E-state index contributed by atoms with van der Waals surface area (Å²) in [5.74, 6) is -0.180. The summed E-state index contributed by atoms with van der Waals surface area (Å²) in [5, 5.41) is 2.85. The number of carbonyl (C=O) groups is 2. The molecule has 5 nitrogen and oxygen atoms in total. The largest absolute Gasteiger partial charge is 0.359 e. The van der Waals surface area contributed by atoms with Crippen LogP contribution in [0.15, 0.2) is 4.99 Å². The lowest BCUT2D eigenvalue weighted by Crippen LogP contribution is -2.31. The average Bonchev–Trinajstić information content (AvgIpc) is 2.45. The van der Waals surface area contributed by atoms with Gasteiger partial charge in [-0.25, -0.2) is 0 Å². The topological polar surface area (TPSA) is 61.8 Å². The van der Waals surface area contributed by atoms with Gasteiger partial charge in [0.1, 0.15) is 5.25 Å². The lowest BCUT2D eigenvalue weighted by Gasteiger charge is -2.07. The number of hydrogen-bond donors (Lipinski definition) is 1. The molecular formula is C8H13N3O2S. The second-order valence-corrected chi connectivity index (χ2v) is 4.06. The number of nitrogens with one attached hydrogen (secondary N) is 1. The molecule has 6 heteroatoms. The monoisotopic (exact) mass is 215 g/mol. The van der Waals surface area contributed by atoms with E-state index in [0.717, 1.165) is 0 Å². The van der Waals surface area contributed by atoms with E-state index in [0.29, 0.717) is 5.17 Å². The molecule has 0 radical (unpaired) electrons. The van der Waals surface area contributed by atoms with Crippen molar-refractivity contribution in [3.63, 3.8) is 0 Å². The summed E-state index contributed by atoms with van der Waals surface area (Å²) in [6.07, 6.45) is 0.212. The maximum absolute atomic E-state index is 11.6. The molecule has 0 aromatic heterocycles. The quantitative estimate of drug-likeness (QED) is 0.687. The second-order valence-electron chi connectivity index (χ2n) is 2.89. The normalized spacial score (nSPS) is 24.5. The number of rotatable bonds is 2. The van der Waals surface area contributed by atoms with Crippen LogP contribution in [0.5, 0.6) is 0 Å². The van der Waals surface area contributed by atoms with Gasteiger partial charge in [0.05, 0.1) is 0 Å². The predicted molar refractivity (Wildman–Crippen MR) is 56.2 cm³/mol. The summed E-state index contributed by atoms with van der Waals surface area (Å²) in [6, 6.07) is 0. The van der Waals surface area contributed by atoms with Crippen LogP contribution < -0.4 is 5.32 Å². The number of aliphatic imine (C=N–C) groups is 1. The van der Waals surface area contributed by atoms with E-state index in [2.05, 4.69) is 10.3 Å². The molecule has 78 valence electrons. The zero-order valence-corrected chi connectivity index (χ0v) is 9.22. The van der Waals surface area contributed by atoms with Gasteiger partial charge in [0.25, 0.3) is 0 Å². The number of nitrogens with zero attached hydrogens (tertiary/aromatic N) is 2. The van der Waals surface area contributed by atoms with E-state index >= 15 is 0 Å². The van der Waals surface area contributed by atoms with Crippen molar-refractivity contribution >= 4 is 28.7 Å². The fourth-order valence-corrected chi connectivity index (χ4v) is 2.27. The minimum atomic E-state index is -0.321. The molecule has 0 bridgehead atoms. The van der Waals surface area contributed by atoms with E-state index in [9.17, 15) is 9.59 Å². The van der Waals surface area contributed by atoms with Crippen LogP contribution in [-0.2, 0) is 9.59 Å². The summed E-state index contributed by atoms with van der Waals surface area (Å²) in [5.41, 5.74) is 0. The van der Waals surface area contributed by atoms with Gasteiger partial charge < -0.3 is 5.32 Å². The molecule has 0 spiro atoms. The van der Waals surface area contributed by atoms with E-state index in [1.54, 1.807) is 21.1 Å². The van der Waals surface area contributed by atoms with Crippen LogP contribution in [0.4, 0.5) is 0 Å². The average molecular weight is 215 g/mol. The van der Waals surface area contributed by atoms with Crippen LogP contribution in [0.25, 0.3) is 0 Å². The van der Waals surface area contributed by atoms with Gasteiger partial charge in [0, 0.05) is 27.6 Å². The van der Waals surface area contributed by atoms with Gasteiger partial charge >= 0.3 is 0 Å². The van der Waals surface area contributed by atoms with Crippen LogP contribution in [0.2, 0.25) is 0 Å². The van der Waals surface area contributed by atoms with E-state index in [4.69, 9.17) is 0 Å². The molecule has 1 heterocycles. The minimum absolute atomic E-state index is 0.0563. The molecule has 2 amide bonds. The molecular weight excluding hydrogens is 202 g/mol. The maximum Gasteiger partial charge on any atom is 0.242 e. The van der Waals surface area contributed by atoms with Gasteiger partial charge in [-0.05, 0) is 0 Å². The Kier molecular flexibility index (Phi) is 3.51. The summed E-state index contributed by atoms with van der Waals surface area (Å²) in [7, 11) is 4.86. The molecule has 0 aromatic rings. The van der Waals surface area contributed by atoms with Gasteiger partial charge in [-0.3, -0.25) is 19.5 Å².